The zero-order valence-corrected chi connectivity index (χ0v) is 18.2. The van der Waals surface area contributed by atoms with E-state index in [1.54, 1.807) is 24.3 Å². The molecule has 0 fully saturated rings. The summed E-state index contributed by atoms with van der Waals surface area (Å²) in [5.74, 6) is -1.15. The molecule has 0 bridgehead atoms. The standard InChI is InChI=1S/C24H27N3O5/c1-3-6-17-9-11-18(12-10-17)32-15-21(28)25-13-14-26-22(29)16(2)27-23(30)19-7-4-5-8-20(19)24(27)31/h4-5,7-12,16H,3,6,13-15H2,1-2H3,(H,25,28)(H,26,29). The van der Waals surface area contributed by atoms with Crippen molar-refractivity contribution in [2.24, 2.45) is 0 Å². The maximum Gasteiger partial charge on any atom is 0.262 e. The number of rotatable bonds is 10. The molecule has 8 nitrogen and oxygen atoms in total. The summed E-state index contributed by atoms with van der Waals surface area (Å²) in [7, 11) is 0. The number of amides is 4. The van der Waals surface area contributed by atoms with E-state index >= 15 is 0 Å². The van der Waals surface area contributed by atoms with Gasteiger partial charge in [0.2, 0.25) is 5.91 Å². The molecule has 168 valence electrons. The van der Waals surface area contributed by atoms with Gasteiger partial charge in [0.05, 0.1) is 11.1 Å². The minimum atomic E-state index is -0.961. The molecule has 1 unspecified atom stereocenters. The van der Waals surface area contributed by atoms with Crippen molar-refractivity contribution >= 4 is 23.6 Å². The highest BCUT2D eigenvalue weighted by Crippen LogP contribution is 2.24. The van der Waals surface area contributed by atoms with Crippen molar-refractivity contribution in [1.29, 1.82) is 0 Å². The van der Waals surface area contributed by atoms with Crippen LogP contribution in [0, 0.1) is 0 Å². The van der Waals surface area contributed by atoms with Gasteiger partial charge in [0.15, 0.2) is 6.61 Å². The average molecular weight is 437 g/mol. The lowest BCUT2D eigenvalue weighted by atomic mass is 10.1. The number of benzene rings is 2. The maximum atomic E-state index is 12.5. The lowest BCUT2D eigenvalue weighted by molar-refractivity contribution is -0.125. The van der Waals surface area contributed by atoms with Crippen molar-refractivity contribution in [2.75, 3.05) is 19.7 Å². The third kappa shape index (κ3) is 5.32. The van der Waals surface area contributed by atoms with E-state index in [4.69, 9.17) is 4.74 Å². The van der Waals surface area contributed by atoms with Gasteiger partial charge in [-0.3, -0.25) is 24.1 Å². The van der Waals surface area contributed by atoms with E-state index in [9.17, 15) is 19.2 Å². The molecule has 1 atom stereocenters. The predicted octanol–water partition coefficient (Wildman–Crippen LogP) is 1.94. The Morgan fingerprint density at radius 3 is 2.12 bits per heavy atom. The van der Waals surface area contributed by atoms with E-state index in [0.29, 0.717) is 16.9 Å². The molecule has 2 aromatic rings. The molecular formula is C24H27N3O5. The van der Waals surface area contributed by atoms with Crippen molar-refractivity contribution in [3.05, 3.63) is 65.2 Å². The fourth-order valence-electron chi connectivity index (χ4n) is 3.45. The molecule has 0 saturated heterocycles. The summed E-state index contributed by atoms with van der Waals surface area (Å²) in [4.78, 5) is 50.2. The van der Waals surface area contributed by atoms with E-state index in [1.807, 2.05) is 24.3 Å². The zero-order valence-electron chi connectivity index (χ0n) is 18.2. The van der Waals surface area contributed by atoms with Crippen LogP contribution in [0.5, 0.6) is 5.75 Å². The highest BCUT2D eigenvalue weighted by atomic mass is 16.5. The van der Waals surface area contributed by atoms with Crippen LogP contribution in [0.15, 0.2) is 48.5 Å². The van der Waals surface area contributed by atoms with Gasteiger partial charge in [-0.1, -0.05) is 37.6 Å². The van der Waals surface area contributed by atoms with Gasteiger partial charge in [-0.05, 0) is 43.2 Å². The number of carbonyl (C=O) groups is 4. The summed E-state index contributed by atoms with van der Waals surface area (Å²) in [6.45, 7) is 3.83. The van der Waals surface area contributed by atoms with Gasteiger partial charge in [0, 0.05) is 13.1 Å². The van der Waals surface area contributed by atoms with Crippen LogP contribution in [0.1, 0.15) is 46.5 Å². The Morgan fingerprint density at radius 2 is 1.53 bits per heavy atom. The Morgan fingerprint density at radius 1 is 0.938 bits per heavy atom. The van der Waals surface area contributed by atoms with Crippen molar-refractivity contribution in [3.8, 4) is 5.75 Å². The second kappa shape index (κ2) is 10.6. The molecule has 3 rings (SSSR count). The number of ether oxygens (including phenoxy) is 1. The number of nitrogens with zero attached hydrogens (tertiary/aromatic N) is 1. The average Bonchev–Trinajstić information content (AvgIpc) is 3.06. The molecule has 1 aliphatic rings. The fraction of sp³-hybridized carbons (Fsp3) is 0.333. The van der Waals surface area contributed by atoms with Crippen LogP contribution in [0.2, 0.25) is 0 Å². The summed E-state index contributed by atoms with van der Waals surface area (Å²) in [6.07, 6.45) is 2.06. The molecule has 8 heteroatoms. The number of carbonyl (C=O) groups excluding carboxylic acids is 4. The van der Waals surface area contributed by atoms with Crippen molar-refractivity contribution in [1.82, 2.24) is 15.5 Å². The molecule has 2 N–H and O–H groups in total. The summed E-state index contributed by atoms with van der Waals surface area (Å²) >= 11 is 0. The van der Waals surface area contributed by atoms with E-state index in [2.05, 4.69) is 17.6 Å². The lowest BCUT2D eigenvalue weighted by Crippen LogP contribution is -2.49. The van der Waals surface area contributed by atoms with Gasteiger partial charge >= 0.3 is 0 Å². The number of fused-ring (bicyclic) bond motifs is 1. The van der Waals surface area contributed by atoms with E-state index in [0.717, 1.165) is 17.7 Å². The molecule has 1 aliphatic heterocycles. The normalized spacial score (nSPS) is 13.5. The zero-order chi connectivity index (χ0) is 23.1. The van der Waals surface area contributed by atoms with Gasteiger partial charge in [-0.15, -0.1) is 0 Å². The fourth-order valence-corrected chi connectivity index (χ4v) is 3.45. The quantitative estimate of drug-likeness (QED) is 0.437. The first kappa shape index (κ1) is 23.0. The smallest absolute Gasteiger partial charge is 0.262 e. The number of aryl methyl sites for hydroxylation is 1. The first-order valence-corrected chi connectivity index (χ1v) is 10.7. The third-order valence-electron chi connectivity index (χ3n) is 5.17. The van der Waals surface area contributed by atoms with Gasteiger partial charge in [0.1, 0.15) is 11.8 Å². The molecule has 1 heterocycles. The second-order valence-electron chi connectivity index (χ2n) is 7.53. The monoisotopic (exact) mass is 437 g/mol. The first-order chi connectivity index (χ1) is 15.4. The van der Waals surface area contributed by atoms with Crippen LogP contribution in [0.25, 0.3) is 0 Å². The van der Waals surface area contributed by atoms with Gasteiger partial charge in [0.25, 0.3) is 17.7 Å². The molecule has 0 aliphatic carbocycles. The summed E-state index contributed by atoms with van der Waals surface area (Å²) in [5, 5.41) is 5.29. The maximum absolute atomic E-state index is 12.5. The molecule has 2 aromatic carbocycles. The van der Waals surface area contributed by atoms with Crippen molar-refractivity contribution in [3.63, 3.8) is 0 Å². The molecule has 32 heavy (non-hydrogen) atoms. The molecule has 4 amide bonds. The molecular weight excluding hydrogens is 410 g/mol. The van der Waals surface area contributed by atoms with Crippen molar-refractivity contribution in [2.45, 2.75) is 32.7 Å². The minimum absolute atomic E-state index is 0.132. The Bertz CT molecular complexity index is 968. The third-order valence-corrected chi connectivity index (χ3v) is 5.17. The number of hydrogen-bond donors (Lipinski definition) is 2. The Hall–Kier alpha value is -3.68. The van der Waals surface area contributed by atoms with Crippen LogP contribution in [0.4, 0.5) is 0 Å². The molecule has 0 spiro atoms. The summed E-state index contributed by atoms with van der Waals surface area (Å²) in [5.41, 5.74) is 1.81. The number of imide groups is 1. The predicted molar refractivity (Wildman–Crippen MR) is 118 cm³/mol. The van der Waals surface area contributed by atoms with Gasteiger partial charge in [-0.25, -0.2) is 0 Å². The minimum Gasteiger partial charge on any atom is -0.484 e. The molecule has 0 aromatic heterocycles. The van der Waals surface area contributed by atoms with E-state index in [-0.39, 0.29) is 25.6 Å². The SMILES string of the molecule is CCCc1ccc(OCC(=O)NCCNC(=O)C(C)N2C(=O)c3ccccc3C2=O)cc1. The van der Waals surface area contributed by atoms with Gasteiger partial charge in [-0.2, -0.15) is 0 Å². The summed E-state index contributed by atoms with van der Waals surface area (Å²) < 4.78 is 5.46. The number of hydrogen-bond acceptors (Lipinski definition) is 5. The summed E-state index contributed by atoms with van der Waals surface area (Å²) in [6, 6.07) is 13.1. The van der Waals surface area contributed by atoms with Crippen LogP contribution in [-0.4, -0.2) is 54.3 Å². The van der Waals surface area contributed by atoms with Crippen LogP contribution in [-0.2, 0) is 16.0 Å². The highest BCUT2D eigenvalue weighted by molar-refractivity contribution is 6.22. The van der Waals surface area contributed by atoms with E-state index < -0.39 is 23.8 Å². The Kier molecular flexibility index (Phi) is 7.59. The van der Waals surface area contributed by atoms with Crippen LogP contribution < -0.4 is 15.4 Å². The first-order valence-electron chi connectivity index (χ1n) is 10.7. The Balaban J connectivity index is 1.38. The number of nitrogens with one attached hydrogen (secondary N) is 2. The Labute approximate surface area is 186 Å². The topological polar surface area (TPSA) is 105 Å². The largest absolute Gasteiger partial charge is 0.484 e. The molecule has 0 radical (unpaired) electrons. The van der Waals surface area contributed by atoms with Crippen molar-refractivity contribution < 1.29 is 23.9 Å². The van der Waals surface area contributed by atoms with E-state index in [1.165, 1.54) is 12.5 Å². The van der Waals surface area contributed by atoms with Crippen LogP contribution in [0.3, 0.4) is 0 Å². The highest BCUT2D eigenvalue weighted by Gasteiger charge is 2.40. The lowest BCUT2D eigenvalue weighted by Gasteiger charge is -2.21. The van der Waals surface area contributed by atoms with Gasteiger partial charge < -0.3 is 15.4 Å². The second-order valence-corrected chi connectivity index (χ2v) is 7.53. The molecule has 0 saturated carbocycles. The van der Waals surface area contributed by atoms with Crippen LogP contribution >= 0.6 is 0 Å².